The number of nitrogens with zero attached hydrogens (tertiary/aromatic N) is 1. The number of hydrogen-bond donors (Lipinski definition) is 5. The van der Waals surface area contributed by atoms with Gasteiger partial charge < -0.3 is 31.7 Å². The second kappa shape index (κ2) is 17.1. The van der Waals surface area contributed by atoms with Crippen molar-refractivity contribution in [1.29, 1.82) is 0 Å². The highest BCUT2D eigenvalue weighted by Gasteiger charge is 2.36. The van der Waals surface area contributed by atoms with E-state index in [-0.39, 0.29) is 18.3 Å². The van der Waals surface area contributed by atoms with E-state index in [1.54, 1.807) is 45.0 Å². The maximum atomic E-state index is 13.7. The van der Waals surface area contributed by atoms with Gasteiger partial charge in [0.25, 0.3) is 0 Å². The van der Waals surface area contributed by atoms with Gasteiger partial charge >= 0.3 is 5.97 Å². The predicted molar refractivity (Wildman–Crippen MR) is 168 cm³/mol. The number of rotatable bonds is 16. The molecule has 6 atom stereocenters. The van der Waals surface area contributed by atoms with Crippen molar-refractivity contribution in [3.05, 3.63) is 71.8 Å². The summed E-state index contributed by atoms with van der Waals surface area (Å²) in [5, 5.41) is 17.3. The second-order valence-electron chi connectivity index (χ2n) is 11.6. The van der Waals surface area contributed by atoms with Crippen LogP contribution in [0.1, 0.15) is 52.2 Å². The third-order valence-corrected chi connectivity index (χ3v) is 7.72. The first-order valence-corrected chi connectivity index (χ1v) is 15.0. The first kappa shape index (κ1) is 35.9. The van der Waals surface area contributed by atoms with Crippen LogP contribution >= 0.6 is 0 Å². The van der Waals surface area contributed by atoms with Gasteiger partial charge in [-0.25, -0.2) is 0 Å². The fourth-order valence-electron chi connectivity index (χ4n) is 4.92. The summed E-state index contributed by atoms with van der Waals surface area (Å²) in [6.45, 7) is 8.62. The molecule has 6 N–H and O–H groups in total. The van der Waals surface area contributed by atoms with Crippen LogP contribution in [0.2, 0.25) is 0 Å². The summed E-state index contributed by atoms with van der Waals surface area (Å²) in [6, 6.07) is 13.3. The highest BCUT2D eigenvalue weighted by atomic mass is 16.4. The molecule has 2 aromatic rings. The Balaban J connectivity index is 2.26. The van der Waals surface area contributed by atoms with E-state index in [4.69, 9.17) is 5.73 Å². The molecule has 11 nitrogen and oxygen atoms in total. The number of hydrogen-bond acceptors (Lipinski definition) is 6. The average molecular weight is 610 g/mol. The van der Waals surface area contributed by atoms with Gasteiger partial charge in [-0.3, -0.25) is 24.0 Å². The van der Waals surface area contributed by atoms with Crippen molar-refractivity contribution in [2.24, 2.45) is 17.6 Å². The minimum absolute atomic E-state index is 0.108. The Morgan fingerprint density at radius 1 is 0.773 bits per heavy atom. The Bertz CT molecular complexity index is 1260. The number of carboxylic acids is 1. The van der Waals surface area contributed by atoms with E-state index >= 15 is 0 Å². The Kier molecular flexibility index (Phi) is 14.0. The van der Waals surface area contributed by atoms with Crippen LogP contribution in [-0.2, 0) is 36.8 Å². The lowest BCUT2D eigenvalue weighted by atomic mass is 9.95. The van der Waals surface area contributed by atoms with Gasteiger partial charge in [-0.05, 0) is 36.3 Å². The van der Waals surface area contributed by atoms with E-state index in [2.05, 4.69) is 16.0 Å². The number of nitrogens with one attached hydrogen (secondary N) is 3. The Labute approximate surface area is 260 Å². The minimum Gasteiger partial charge on any atom is -0.480 e. The quantitative estimate of drug-likeness (QED) is 0.193. The third-order valence-electron chi connectivity index (χ3n) is 7.72. The van der Waals surface area contributed by atoms with Gasteiger partial charge in [0.1, 0.15) is 24.2 Å². The van der Waals surface area contributed by atoms with Gasteiger partial charge in [0.05, 0.1) is 6.04 Å². The van der Waals surface area contributed by atoms with Gasteiger partial charge in [0.2, 0.25) is 23.6 Å². The second-order valence-corrected chi connectivity index (χ2v) is 11.6. The fraction of sp³-hybridized carbons (Fsp3) is 0.485. The molecule has 44 heavy (non-hydrogen) atoms. The van der Waals surface area contributed by atoms with Crippen molar-refractivity contribution in [3.8, 4) is 0 Å². The third kappa shape index (κ3) is 10.5. The minimum atomic E-state index is -1.21. The number of aliphatic carboxylic acids is 1. The summed E-state index contributed by atoms with van der Waals surface area (Å²) in [4.78, 5) is 66.5. The summed E-state index contributed by atoms with van der Waals surface area (Å²) in [5.41, 5.74) is 7.90. The van der Waals surface area contributed by atoms with E-state index in [1.165, 1.54) is 18.9 Å². The topological polar surface area (TPSA) is 171 Å². The lowest BCUT2D eigenvalue weighted by Gasteiger charge is -2.34. The van der Waals surface area contributed by atoms with Crippen molar-refractivity contribution < 1.29 is 29.1 Å². The van der Waals surface area contributed by atoms with E-state index in [9.17, 15) is 29.1 Å². The lowest BCUT2D eigenvalue weighted by molar-refractivity contribution is -0.143. The molecule has 0 spiro atoms. The standard InChI is InChI=1S/C33H47N5O6/c1-7-21(4)27(30(40)36-26(19-24-16-12-9-13-17-24)29(39)35-22(5)33(43)44)37-31(41)28(20(2)3)38(6)32(42)25(34)18-23-14-10-8-11-15-23/h8-17,20-22,25-28H,7,18-19,34H2,1-6H3,(H,35,39)(H,36,40)(H,37,41)(H,43,44)/t21-,22-,25+,26-,27-,28-/m0/s1. The zero-order chi connectivity index (χ0) is 33.0. The molecule has 0 aliphatic rings. The molecule has 0 radical (unpaired) electrons. The molecule has 0 saturated carbocycles. The number of carbonyl (C=O) groups excluding carboxylic acids is 4. The maximum absolute atomic E-state index is 13.7. The normalized spacial score (nSPS) is 15.2. The van der Waals surface area contributed by atoms with Crippen molar-refractivity contribution >= 4 is 29.6 Å². The highest BCUT2D eigenvalue weighted by molar-refractivity contribution is 5.95. The highest BCUT2D eigenvalue weighted by Crippen LogP contribution is 2.16. The van der Waals surface area contributed by atoms with Gasteiger partial charge in [0.15, 0.2) is 0 Å². The zero-order valence-electron chi connectivity index (χ0n) is 26.4. The Morgan fingerprint density at radius 3 is 1.77 bits per heavy atom. The van der Waals surface area contributed by atoms with Crippen molar-refractivity contribution in [1.82, 2.24) is 20.9 Å². The zero-order valence-corrected chi connectivity index (χ0v) is 26.4. The van der Waals surface area contributed by atoms with Crippen LogP contribution < -0.4 is 21.7 Å². The number of amides is 4. The molecule has 0 bridgehead atoms. The molecule has 2 aromatic carbocycles. The SMILES string of the molecule is CC[C@H](C)[C@H](NC(=O)[C@H](C(C)C)N(C)C(=O)[C@H](N)Cc1ccccc1)C(=O)N[C@@H](Cc1ccccc1)C(=O)N[C@@H](C)C(=O)O. The molecular formula is C33H47N5O6. The van der Waals surface area contributed by atoms with Crippen LogP contribution in [-0.4, -0.2) is 76.9 Å². The van der Waals surface area contributed by atoms with Gasteiger partial charge in [0, 0.05) is 13.5 Å². The predicted octanol–water partition coefficient (Wildman–Crippen LogP) is 1.89. The number of likely N-dealkylation sites (N-methyl/N-ethyl adjacent to an activating group) is 1. The van der Waals surface area contributed by atoms with Crippen LogP contribution in [0.15, 0.2) is 60.7 Å². The molecule has 11 heteroatoms. The first-order chi connectivity index (χ1) is 20.8. The van der Waals surface area contributed by atoms with Crippen LogP contribution in [0.3, 0.4) is 0 Å². The van der Waals surface area contributed by atoms with Crippen LogP contribution in [0.4, 0.5) is 0 Å². The first-order valence-electron chi connectivity index (χ1n) is 15.0. The molecule has 0 unspecified atom stereocenters. The molecule has 240 valence electrons. The number of benzene rings is 2. The summed E-state index contributed by atoms with van der Waals surface area (Å²) < 4.78 is 0. The summed E-state index contributed by atoms with van der Waals surface area (Å²) >= 11 is 0. The molecule has 0 fully saturated rings. The lowest BCUT2D eigenvalue weighted by Crippen LogP contribution is -2.61. The van der Waals surface area contributed by atoms with E-state index in [1.807, 2.05) is 43.3 Å². The van der Waals surface area contributed by atoms with Crippen LogP contribution in [0.5, 0.6) is 0 Å². The van der Waals surface area contributed by atoms with E-state index in [0.29, 0.717) is 12.8 Å². The Hall–Kier alpha value is -4.25. The van der Waals surface area contributed by atoms with Gasteiger partial charge in [-0.1, -0.05) is 94.8 Å². The summed E-state index contributed by atoms with van der Waals surface area (Å²) in [7, 11) is 1.53. The number of carboxylic acid groups (broad SMARTS) is 1. The van der Waals surface area contributed by atoms with Gasteiger partial charge in [-0.15, -0.1) is 0 Å². The van der Waals surface area contributed by atoms with Crippen molar-refractivity contribution in [2.75, 3.05) is 7.05 Å². The number of nitrogens with two attached hydrogens (primary N) is 1. The molecule has 0 heterocycles. The fourth-order valence-corrected chi connectivity index (χ4v) is 4.92. The smallest absolute Gasteiger partial charge is 0.325 e. The maximum Gasteiger partial charge on any atom is 0.325 e. The van der Waals surface area contributed by atoms with E-state index in [0.717, 1.165) is 11.1 Å². The largest absolute Gasteiger partial charge is 0.480 e. The summed E-state index contributed by atoms with van der Waals surface area (Å²) in [5.74, 6) is -4.02. The van der Waals surface area contributed by atoms with Crippen LogP contribution in [0.25, 0.3) is 0 Å². The molecule has 0 saturated heterocycles. The molecule has 4 amide bonds. The molecular weight excluding hydrogens is 562 g/mol. The average Bonchev–Trinajstić information content (AvgIpc) is 2.99. The van der Waals surface area contributed by atoms with Crippen molar-refractivity contribution in [3.63, 3.8) is 0 Å². The monoisotopic (exact) mass is 609 g/mol. The Morgan fingerprint density at radius 2 is 1.30 bits per heavy atom. The number of carbonyl (C=O) groups is 5. The molecule has 2 rings (SSSR count). The molecule has 0 aliphatic carbocycles. The van der Waals surface area contributed by atoms with Crippen molar-refractivity contribution in [2.45, 2.75) is 84.1 Å². The van der Waals surface area contributed by atoms with E-state index < -0.39 is 59.8 Å². The summed E-state index contributed by atoms with van der Waals surface area (Å²) in [6.07, 6.45) is 0.948. The molecule has 0 aliphatic heterocycles. The molecule has 0 aromatic heterocycles. The van der Waals surface area contributed by atoms with Crippen LogP contribution in [0, 0.1) is 11.8 Å². The van der Waals surface area contributed by atoms with Gasteiger partial charge in [-0.2, -0.15) is 0 Å².